The Balaban J connectivity index is 1.96. The van der Waals surface area contributed by atoms with Crippen LogP contribution in [0, 0.1) is 5.92 Å². The summed E-state index contributed by atoms with van der Waals surface area (Å²) in [4.78, 5) is 0. The first kappa shape index (κ1) is 12.2. The van der Waals surface area contributed by atoms with Crippen LogP contribution in [0.5, 0.6) is 5.75 Å². The van der Waals surface area contributed by atoms with Crippen LogP contribution >= 0.6 is 0 Å². The van der Waals surface area contributed by atoms with Crippen molar-refractivity contribution in [2.24, 2.45) is 5.92 Å². The Kier molecular flexibility index (Phi) is 4.26. The minimum atomic E-state index is 0.730. The van der Waals surface area contributed by atoms with E-state index in [1.165, 1.54) is 12.0 Å². The highest BCUT2D eigenvalue weighted by atomic mass is 16.5. The van der Waals surface area contributed by atoms with Crippen molar-refractivity contribution in [3.8, 4) is 5.75 Å². The van der Waals surface area contributed by atoms with Crippen molar-refractivity contribution in [2.75, 3.05) is 25.0 Å². The number of fused-ring (bicyclic) bond motifs is 1. The first-order chi connectivity index (χ1) is 8.31. The highest BCUT2D eigenvalue weighted by Gasteiger charge is 2.13. The van der Waals surface area contributed by atoms with E-state index in [-0.39, 0.29) is 0 Å². The monoisotopic (exact) mass is 234 g/mol. The van der Waals surface area contributed by atoms with Gasteiger partial charge in [0.25, 0.3) is 0 Å². The average molecular weight is 234 g/mol. The smallest absolute Gasteiger partial charge is 0.146 e. The summed E-state index contributed by atoms with van der Waals surface area (Å²) in [6.07, 6.45) is 1.22. The fourth-order valence-corrected chi connectivity index (χ4v) is 1.97. The lowest BCUT2D eigenvalue weighted by molar-refractivity contribution is 0.318. The van der Waals surface area contributed by atoms with Gasteiger partial charge in [-0.3, -0.25) is 0 Å². The highest BCUT2D eigenvalue weighted by Crippen LogP contribution is 2.30. The van der Waals surface area contributed by atoms with Crippen LogP contribution < -0.4 is 15.4 Å². The standard InChI is InChI=1S/C14H22N2O/c1-3-11(2)9-15-10-12-5-4-6-13-14(12)17-8-7-16-13/h4-6,11,15-16H,3,7-10H2,1-2H3. The minimum absolute atomic E-state index is 0.730. The summed E-state index contributed by atoms with van der Waals surface area (Å²) in [6.45, 7) is 8.10. The number of ether oxygens (including phenoxy) is 1. The third-order valence-electron chi connectivity index (χ3n) is 3.27. The topological polar surface area (TPSA) is 33.3 Å². The van der Waals surface area contributed by atoms with Crippen molar-refractivity contribution in [3.05, 3.63) is 23.8 Å². The molecule has 0 saturated heterocycles. The molecule has 1 aliphatic heterocycles. The first-order valence-corrected chi connectivity index (χ1v) is 6.50. The van der Waals surface area contributed by atoms with Crippen LogP contribution in [0.1, 0.15) is 25.8 Å². The number of nitrogens with one attached hydrogen (secondary N) is 2. The number of hydrogen-bond acceptors (Lipinski definition) is 3. The van der Waals surface area contributed by atoms with Gasteiger partial charge in [0.15, 0.2) is 0 Å². The lowest BCUT2D eigenvalue weighted by Crippen LogP contribution is -2.23. The van der Waals surface area contributed by atoms with Gasteiger partial charge in [0.1, 0.15) is 12.4 Å². The maximum Gasteiger partial charge on any atom is 0.146 e. The van der Waals surface area contributed by atoms with Crippen LogP contribution in [-0.2, 0) is 6.54 Å². The predicted octanol–water partition coefficient (Wildman–Crippen LogP) is 2.63. The summed E-state index contributed by atoms with van der Waals surface area (Å²) >= 11 is 0. The molecule has 17 heavy (non-hydrogen) atoms. The molecule has 0 radical (unpaired) electrons. The molecule has 3 heteroatoms. The maximum absolute atomic E-state index is 5.74. The van der Waals surface area contributed by atoms with Crippen molar-refractivity contribution < 1.29 is 4.74 Å². The molecule has 3 nitrogen and oxygen atoms in total. The van der Waals surface area contributed by atoms with E-state index in [4.69, 9.17) is 4.74 Å². The Morgan fingerprint density at radius 2 is 2.35 bits per heavy atom. The Morgan fingerprint density at radius 3 is 3.18 bits per heavy atom. The van der Waals surface area contributed by atoms with Gasteiger partial charge in [-0.05, 0) is 18.5 Å². The van der Waals surface area contributed by atoms with Crippen LogP contribution in [0.25, 0.3) is 0 Å². The number of benzene rings is 1. The van der Waals surface area contributed by atoms with Gasteiger partial charge < -0.3 is 15.4 Å². The molecule has 0 saturated carbocycles. The quantitative estimate of drug-likeness (QED) is 0.821. The Bertz CT molecular complexity index is 365. The van der Waals surface area contributed by atoms with Crippen LogP contribution in [-0.4, -0.2) is 19.7 Å². The third-order valence-corrected chi connectivity index (χ3v) is 3.27. The molecule has 0 spiro atoms. The molecule has 0 fully saturated rings. The second-order valence-electron chi connectivity index (χ2n) is 4.71. The van der Waals surface area contributed by atoms with Crippen LogP contribution in [0.4, 0.5) is 5.69 Å². The molecule has 0 amide bonds. The van der Waals surface area contributed by atoms with Gasteiger partial charge in [-0.25, -0.2) is 0 Å². The van der Waals surface area contributed by atoms with Crippen molar-refractivity contribution in [2.45, 2.75) is 26.8 Å². The summed E-state index contributed by atoms with van der Waals surface area (Å²) < 4.78 is 5.74. The Morgan fingerprint density at radius 1 is 1.47 bits per heavy atom. The van der Waals surface area contributed by atoms with Gasteiger partial charge in [0, 0.05) is 18.7 Å². The molecule has 0 bridgehead atoms. The van der Waals surface area contributed by atoms with Crippen molar-refractivity contribution >= 4 is 5.69 Å². The summed E-state index contributed by atoms with van der Waals surface area (Å²) in [5.74, 6) is 1.75. The number of anilines is 1. The molecule has 1 aromatic rings. The van der Waals surface area contributed by atoms with Crippen molar-refractivity contribution in [3.63, 3.8) is 0 Å². The largest absolute Gasteiger partial charge is 0.489 e. The Hall–Kier alpha value is -1.22. The van der Waals surface area contributed by atoms with Crippen LogP contribution in [0.15, 0.2) is 18.2 Å². The molecule has 1 unspecified atom stereocenters. The summed E-state index contributed by atoms with van der Waals surface area (Å²) in [5, 5.41) is 6.86. The number of rotatable bonds is 5. The first-order valence-electron chi connectivity index (χ1n) is 6.50. The van der Waals surface area contributed by atoms with Gasteiger partial charge >= 0.3 is 0 Å². The van der Waals surface area contributed by atoms with E-state index >= 15 is 0 Å². The maximum atomic E-state index is 5.74. The van der Waals surface area contributed by atoms with E-state index in [9.17, 15) is 0 Å². The SMILES string of the molecule is CCC(C)CNCc1cccc2c1OCCN2. The zero-order valence-electron chi connectivity index (χ0n) is 10.8. The molecule has 2 rings (SSSR count). The van der Waals surface area contributed by atoms with E-state index in [2.05, 4.69) is 42.7 Å². The fourth-order valence-electron chi connectivity index (χ4n) is 1.97. The van der Waals surface area contributed by atoms with Gasteiger partial charge in [-0.15, -0.1) is 0 Å². The molecule has 2 N–H and O–H groups in total. The van der Waals surface area contributed by atoms with E-state index in [0.29, 0.717) is 0 Å². The van der Waals surface area contributed by atoms with Gasteiger partial charge in [0.2, 0.25) is 0 Å². The summed E-state index contributed by atoms with van der Waals surface area (Å²) in [5.41, 5.74) is 2.37. The normalized spacial score (nSPS) is 15.6. The molecule has 1 atom stereocenters. The van der Waals surface area contributed by atoms with E-state index < -0.39 is 0 Å². The summed E-state index contributed by atoms with van der Waals surface area (Å²) in [6, 6.07) is 6.29. The molecule has 1 heterocycles. The van der Waals surface area contributed by atoms with E-state index in [1.807, 2.05) is 0 Å². The minimum Gasteiger partial charge on any atom is -0.489 e. The van der Waals surface area contributed by atoms with E-state index in [0.717, 1.165) is 43.6 Å². The molecule has 0 aromatic heterocycles. The van der Waals surface area contributed by atoms with Crippen molar-refractivity contribution in [1.29, 1.82) is 0 Å². The van der Waals surface area contributed by atoms with Gasteiger partial charge in [0.05, 0.1) is 5.69 Å². The predicted molar refractivity (Wildman–Crippen MR) is 71.6 cm³/mol. The Labute approximate surface area is 104 Å². The molecular weight excluding hydrogens is 212 g/mol. The highest BCUT2D eigenvalue weighted by molar-refractivity contribution is 5.61. The van der Waals surface area contributed by atoms with Gasteiger partial charge in [-0.2, -0.15) is 0 Å². The average Bonchev–Trinajstić information content (AvgIpc) is 2.39. The van der Waals surface area contributed by atoms with Crippen LogP contribution in [0.2, 0.25) is 0 Å². The fraction of sp³-hybridized carbons (Fsp3) is 0.571. The zero-order valence-corrected chi connectivity index (χ0v) is 10.8. The molecule has 1 aromatic carbocycles. The third kappa shape index (κ3) is 3.13. The second-order valence-corrected chi connectivity index (χ2v) is 4.71. The van der Waals surface area contributed by atoms with E-state index in [1.54, 1.807) is 0 Å². The number of para-hydroxylation sites is 1. The lowest BCUT2D eigenvalue weighted by Gasteiger charge is -2.22. The second kappa shape index (κ2) is 5.92. The van der Waals surface area contributed by atoms with Crippen LogP contribution in [0.3, 0.4) is 0 Å². The van der Waals surface area contributed by atoms with Crippen molar-refractivity contribution in [1.82, 2.24) is 5.32 Å². The number of hydrogen-bond donors (Lipinski definition) is 2. The molecule has 0 aliphatic carbocycles. The summed E-state index contributed by atoms with van der Waals surface area (Å²) in [7, 11) is 0. The lowest BCUT2D eigenvalue weighted by atomic mass is 10.1. The molecular formula is C14H22N2O. The molecule has 94 valence electrons. The van der Waals surface area contributed by atoms with Gasteiger partial charge in [-0.1, -0.05) is 32.4 Å². The molecule has 1 aliphatic rings. The zero-order chi connectivity index (χ0) is 12.1.